The van der Waals surface area contributed by atoms with Gasteiger partial charge >= 0.3 is 0 Å². The molecule has 2 heterocycles. The summed E-state index contributed by atoms with van der Waals surface area (Å²) in [7, 11) is 1.99. The van der Waals surface area contributed by atoms with E-state index in [9.17, 15) is 19.2 Å². The van der Waals surface area contributed by atoms with Gasteiger partial charge in [0, 0.05) is 50.8 Å². The molecule has 1 aromatic carbocycles. The fraction of sp³-hybridized carbons (Fsp3) is 0.649. The Labute approximate surface area is 288 Å². The van der Waals surface area contributed by atoms with E-state index in [-0.39, 0.29) is 54.4 Å². The van der Waals surface area contributed by atoms with Crippen molar-refractivity contribution < 1.29 is 28.0 Å². The predicted octanol–water partition coefficient (Wildman–Crippen LogP) is 4.42. The summed E-state index contributed by atoms with van der Waals surface area (Å²) < 4.78 is 32.5. The van der Waals surface area contributed by atoms with E-state index < -0.39 is 35.4 Å². The minimum atomic E-state index is -2.00. The largest absolute Gasteiger partial charge is 0.341 e. The standard InChI is InChI=1S/C37H52F2N6O4/c1-6-45-30(14-17-40-45)34(47)41-33(26-10-8-23(2)9-11-26)31(46)21-28-13-12-27(20-29(28)38)25(4)32(42-36(49)37(39)15-7-16-37)35(48)44-19-18-43(5)24(3)22-44/h12-14,17,20,23-26,32-33H,6-11,15-16,18-19,21-22H2,1-5H3,(H,41,47)(H,42,49)/t23?,24-,25+,26?,32-,33+/m1/s1. The molecule has 2 aliphatic carbocycles. The Balaban J connectivity index is 1.34. The second-order valence-electron chi connectivity index (χ2n) is 14.7. The Kier molecular flexibility index (Phi) is 11.6. The number of ketones is 1. The van der Waals surface area contributed by atoms with Gasteiger partial charge in [-0.15, -0.1) is 0 Å². The summed E-state index contributed by atoms with van der Waals surface area (Å²) in [6.45, 7) is 9.90. The van der Waals surface area contributed by atoms with Gasteiger partial charge in [-0.3, -0.25) is 23.9 Å². The van der Waals surface area contributed by atoms with Crippen molar-refractivity contribution in [1.29, 1.82) is 0 Å². The van der Waals surface area contributed by atoms with Crippen LogP contribution in [0.3, 0.4) is 0 Å². The summed E-state index contributed by atoms with van der Waals surface area (Å²) in [6.07, 6.45) is 5.64. The molecule has 0 radical (unpaired) electrons. The van der Waals surface area contributed by atoms with Gasteiger partial charge in [-0.2, -0.15) is 5.10 Å². The quantitative estimate of drug-likeness (QED) is 0.343. The van der Waals surface area contributed by atoms with Crippen LogP contribution >= 0.6 is 0 Å². The van der Waals surface area contributed by atoms with E-state index in [1.165, 1.54) is 12.1 Å². The number of amides is 3. The number of rotatable bonds is 12. The molecule has 1 aromatic heterocycles. The third-order valence-electron chi connectivity index (χ3n) is 11.3. The zero-order chi connectivity index (χ0) is 35.5. The van der Waals surface area contributed by atoms with Crippen LogP contribution in [0.4, 0.5) is 8.78 Å². The fourth-order valence-electron chi connectivity index (χ4n) is 7.38. The molecule has 10 nitrogen and oxygen atoms in total. The lowest BCUT2D eigenvalue weighted by molar-refractivity contribution is -0.145. The minimum Gasteiger partial charge on any atom is -0.341 e. The first-order chi connectivity index (χ1) is 23.3. The van der Waals surface area contributed by atoms with Crippen molar-refractivity contribution in [3.8, 4) is 0 Å². The molecule has 268 valence electrons. The number of nitrogens with one attached hydrogen (secondary N) is 2. The lowest BCUT2D eigenvalue weighted by atomic mass is 9.77. The molecule has 2 N–H and O–H groups in total. The van der Waals surface area contributed by atoms with Gasteiger partial charge < -0.3 is 20.4 Å². The lowest BCUT2D eigenvalue weighted by Crippen LogP contribution is -2.60. The van der Waals surface area contributed by atoms with Crippen LogP contribution in [-0.4, -0.2) is 93.6 Å². The SMILES string of the molecule is CCn1nccc1C(=O)N[C@H](C(=O)Cc1ccc([C@H](C)[C@@H](NC(=O)C2(F)CCC2)C(=O)N2CCN(C)[C@H](C)C2)cc1F)C1CCC(C)CC1. The number of halogens is 2. The van der Waals surface area contributed by atoms with E-state index in [4.69, 9.17) is 0 Å². The summed E-state index contributed by atoms with van der Waals surface area (Å²) in [6, 6.07) is 4.37. The predicted molar refractivity (Wildman–Crippen MR) is 182 cm³/mol. The van der Waals surface area contributed by atoms with Crippen molar-refractivity contribution in [2.45, 2.75) is 115 Å². The maximum atomic E-state index is 15.8. The number of Topliss-reactive ketones (excluding diaryl/α,β-unsaturated/α-hetero) is 1. The van der Waals surface area contributed by atoms with Gasteiger partial charge in [-0.1, -0.05) is 38.8 Å². The summed E-state index contributed by atoms with van der Waals surface area (Å²) in [5.41, 5.74) is -0.996. The number of piperazine rings is 1. The Morgan fingerprint density at radius 1 is 1.04 bits per heavy atom. The highest BCUT2D eigenvalue weighted by atomic mass is 19.1. The average molecular weight is 683 g/mol. The molecule has 1 aliphatic heterocycles. The molecular formula is C37H52F2N6O4. The smallest absolute Gasteiger partial charge is 0.270 e. The number of nitrogens with zero attached hydrogens (tertiary/aromatic N) is 4. The topological polar surface area (TPSA) is 117 Å². The van der Waals surface area contributed by atoms with E-state index in [1.54, 1.807) is 34.8 Å². The summed E-state index contributed by atoms with van der Waals surface area (Å²) in [5.74, 6) is -2.59. The van der Waals surface area contributed by atoms with Gasteiger partial charge in [0.2, 0.25) is 5.91 Å². The Bertz CT molecular complexity index is 1520. The van der Waals surface area contributed by atoms with E-state index in [0.717, 1.165) is 25.7 Å². The van der Waals surface area contributed by atoms with E-state index in [2.05, 4.69) is 27.6 Å². The molecule has 12 heteroatoms. The van der Waals surface area contributed by atoms with Crippen molar-refractivity contribution in [3.63, 3.8) is 0 Å². The number of carbonyl (C=O) groups excluding carboxylic acids is 4. The van der Waals surface area contributed by atoms with Crippen molar-refractivity contribution in [2.75, 3.05) is 26.7 Å². The number of carbonyl (C=O) groups is 4. The molecule has 3 fully saturated rings. The second kappa shape index (κ2) is 15.5. The highest BCUT2D eigenvalue weighted by Crippen LogP contribution is 2.37. The monoisotopic (exact) mass is 682 g/mol. The van der Waals surface area contributed by atoms with E-state index >= 15 is 8.78 Å². The van der Waals surface area contributed by atoms with Crippen LogP contribution in [0.15, 0.2) is 30.5 Å². The first-order valence-electron chi connectivity index (χ1n) is 17.9. The van der Waals surface area contributed by atoms with Crippen LogP contribution in [-0.2, 0) is 27.3 Å². The highest BCUT2D eigenvalue weighted by Gasteiger charge is 2.47. The second-order valence-corrected chi connectivity index (χ2v) is 14.7. The average Bonchev–Trinajstić information content (AvgIpc) is 3.56. The van der Waals surface area contributed by atoms with Gasteiger partial charge in [0.25, 0.3) is 11.8 Å². The van der Waals surface area contributed by atoms with E-state index in [0.29, 0.717) is 49.8 Å². The molecule has 5 rings (SSSR count). The molecule has 1 saturated heterocycles. The lowest BCUT2D eigenvalue weighted by Gasteiger charge is -2.41. The minimum absolute atomic E-state index is 0.0601. The highest BCUT2D eigenvalue weighted by molar-refractivity contribution is 5.97. The van der Waals surface area contributed by atoms with Crippen molar-refractivity contribution >= 4 is 23.5 Å². The summed E-state index contributed by atoms with van der Waals surface area (Å²) >= 11 is 0. The molecule has 3 amide bonds. The molecule has 0 spiro atoms. The van der Waals surface area contributed by atoms with Crippen LogP contribution < -0.4 is 10.6 Å². The Morgan fingerprint density at radius 2 is 1.76 bits per heavy atom. The summed E-state index contributed by atoms with van der Waals surface area (Å²) in [4.78, 5) is 57.9. The van der Waals surface area contributed by atoms with Gasteiger partial charge in [0.05, 0.1) is 6.04 Å². The molecule has 0 unspecified atom stereocenters. The van der Waals surface area contributed by atoms with Gasteiger partial charge in [0.1, 0.15) is 17.6 Å². The van der Waals surface area contributed by atoms with Crippen LogP contribution in [0.25, 0.3) is 0 Å². The van der Waals surface area contributed by atoms with Crippen LogP contribution in [0, 0.1) is 17.7 Å². The number of benzene rings is 1. The zero-order valence-electron chi connectivity index (χ0n) is 29.5. The maximum absolute atomic E-state index is 15.8. The molecule has 2 aromatic rings. The molecule has 3 aliphatic rings. The molecule has 4 atom stereocenters. The Morgan fingerprint density at radius 3 is 2.37 bits per heavy atom. The number of hydrogen-bond acceptors (Lipinski definition) is 6. The van der Waals surface area contributed by atoms with Crippen molar-refractivity contribution in [1.82, 2.24) is 30.2 Å². The fourth-order valence-corrected chi connectivity index (χ4v) is 7.38. The number of aromatic nitrogens is 2. The van der Waals surface area contributed by atoms with Gasteiger partial charge in [0.15, 0.2) is 11.5 Å². The molecule has 0 bridgehead atoms. The van der Waals surface area contributed by atoms with Crippen LogP contribution in [0.2, 0.25) is 0 Å². The third-order valence-corrected chi connectivity index (χ3v) is 11.3. The number of likely N-dealkylation sites (N-methyl/N-ethyl adjacent to an activating group) is 1. The number of alkyl halides is 1. The van der Waals surface area contributed by atoms with Crippen molar-refractivity contribution in [2.24, 2.45) is 11.8 Å². The Hall–Kier alpha value is -3.67. The first kappa shape index (κ1) is 36.6. The first-order valence-corrected chi connectivity index (χ1v) is 17.9. The molecule has 49 heavy (non-hydrogen) atoms. The van der Waals surface area contributed by atoms with Crippen LogP contribution in [0.1, 0.15) is 100 Å². The number of aryl methyl sites for hydroxylation is 1. The maximum Gasteiger partial charge on any atom is 0.270 e. The zero-order valence-corrected chi connectivity index (χ0v) is 29.5. The van der Waals surface area contributed by atoms with Gasteiger partial charge in [-0.25, -0.2) is 8.78 Å². The summed E-state index contributed by atoms with van der Waals surface area (Å²) in [5, 5.41) is 9.84. The number of hydrogen-bond donors (Lipinski definition) is 2. The normalized spacial score (nSPS) is 24.3. The van der Waals surface area contributed by atoms with Gasteiger partial charge in [-0.05, 0) is 88.1 Å². The van der Waals surface area contributed by atoms with E-state index in [1.807, 2.05) is 20.9 Å². The molecular weight excluding hydrogens is 630 g/mol. The molecule has 2 saturated carbocycles. The third kappa shape index (κ3) is 8.22. The van der Waals surface area contributed by atoms with Crippen LogP contribution in [0.5, 0.6) is 0 Å². The van der Waals surface area contributed by atoms with Crippen molar-refractivity contribution in [3.05, 3.63) is 53.1 Å².